The van der Waals surface area contributed by atoms with Crippen molar-refractivity contribution in [2.45, 2.75) is 19.8 Å². The molecule has 0 spiro atoms. The lowest BCUT2D eigenvalue weighted by molar-refractivity contribution is -0.133. The normalized spacial score (nSPS) is 10.6. The summed E-state index contributed by atoms with van der Waals surface area (Å²) in [5.41, 5.74) is 0.963. The molecule has 0 aliphatic rings. The van der Waals surface area contributed by atoms with Crippen LogP contribution in [0.3, 0.4) is 0 Å². The fourth-order valence-corrected chi connectivity index (χ4v) is 1.94. The van der Waals surface area contributed by atoms with E-state index in [1.807, 2.05) is 18.2 Å². The van der Waals surface area contributed by atoms with Gasteiger partial charge in [-0.05, 0) is 12.5 Å². The number of hydrogen-bond donors (Lipinski definition) is 1. The number of nitrogens with one attached hydrogen (secondary N) is 1. The first kappa shape index (κ1) is 15.0. The molecule has 2 aromatic rings. The van der Waals surface area contributed by atoms with Crippen LogP contribution in [0.25, 0.3) is 10.9 Å². The third-order valence-corrected chi connectivity index (χ3v) is 3.26. The maximum atomic E-state index is 12.0. The van der Waals surface area contributed by atoms with Gasteiger partial charge in [-0.15, -0.1) is 0 Å². The van der Waals surface area contributed by atoms with Crippen LogP contribution < -0.4 is 0 Å². The Morgan fingerprint density at radius 1 is 1.33 bits per heavy atom. The van der Waals surface area contributed by atoms with Crippen molar-refractivity contribution in [1.82, 2.24) is 15.1 Å². The van der Waals surface area contributed by atoms with Crippen molar-refractivity contribution >= 4 is 22.8 Å². The van der Waals surface area contributed by atoms with E-state index in [0.29, 0.717) is 11.9 Å². The van der Waals surface area contributed by atoms with E-state index in [1.54, 1.807) is 18.0 Å². The van der Waals surface area contributed by atoms with Crippen LogP contribution in [0.4, 0.5) is 0 Å². The minimum absolute atomic E-state index is 0.203. The van der Waals surface area contributed by atoms with E-state index in [9.17, 15) is 9.59 Å². The van der Waals surface area contributed by atoms with Gasteiger partial charge in [-0.25, -0.2) is 4.79 Å². The molecule has 0 radical (unpaired) electrons. The number of benzene rings is 1. The minimum atomic E-state index is -0.593. The van der Waals surface area contributed by atoms with E-state index in [4.69, 9.17) is 4.74 Å². The van der Waals surface area contributed by atoms with Gasteiger partial charge in [0.15, 0.2) is 12.3 Å². The Balaban J connectivity index is 1.94. The molecule has 6 heteroatoms. The quantitative estimate of drug-likeness (QED) is 0.825. The summed E-state index contributed by atoms with van der Waals surface area (Å²) >= 11 is 0. The lowest BCUT2D eigenvalue weighted by Gasteiger charge is -2.16. The van der Waals surface area contributed by atoms with Crippen molar-refractivity contribution in [2.24, 2.45) is 0 Å². The van der Waals surface area contributed by atoms with Gasteiger partial charge >= 0.3 is 5.97 Å². The smallest absolute Gasteiger partial charge is 0.359 e. The average molecular weight is 289 g/mol. The van der Waals surface area contributed by atoms with Crippen molar-refractivity contribution < 1.29 is 14.3 Å². The Morgan fingerprint density at radius 2 is 2.10 bits per heavy atom. The number of unbranched alkanes of at least 4 members (excludes halogenated alkanes) is 1. The summed E-state index contributed by atoms with van der Waals surface area (Å²) in [5, 5.41) is 7.39. The van der Waals surface area contributed by atoms with Crippen molar-refractivity contribution in [3.8, 4) is 0 Å². The number of H-pyrrole nitrogens is 1. The molecular weight excluding hydrogens is 270 g/mol. The SMILES string of the molecule is CCCCN(C)C(=O)COC(=O)c1n[nH]c2ccccc12. The molecule has 0 saturated heterocycles. The van der Waals surface area contributed by atoms with Crippen LogP contribution in [0.5, 0.6) is 0 Å². The summed E-state index contributed by atoms with van der Waals surface area (Å²) in [6.45, 7) is 2.46. The van der Waals surface area contributed by atoms with Crippen LogP contribution in [0.1, 0.15) is 30.3 Å². The van der Waals surface area contributed by atoms with Crippen LogP contribution in [-0.4, -0.2) is 47.2 Å². The monoisotopic (exact) mass is 289 g/mol. The van der Waals surface area contributed by atoms with Crippen LogP contribution in [0, 0.1) is 0 Å². The molecule has 6 nitrogen and oxygen atoms in total. The zero-order valence-corrected chi connectivity index (χ0v) is 12.3. The molecule has 0 unspecified atom stereocenters. The van der Waals surface area contributed by atoms with E-state index in [2.05, 4.69) is 17.1 Å². The topological polar surface area (TPSA) is 75.3 Å². The maximum Gasteiger partial charge on any atom is 0.359 e. The predicted molar refractivity (Wildman–Crippen MR) is 78.9 cm³/mol. The Bertz CT molecular complexity index is 636. The number of fused-ring (bicyclic) bond motifs is 1. The lowest BCUT2D eigenvalue weighted by atomic mass is 10.2. The molecule has 1 aromatic heterocycles. The number of amides is 1. The zero-order valence-electron chi connectivity index (χ0n) is 12.3. The summed E-state index contributed by atoms with van der Waals surface area (Å²) in [4.78, 5) is 25.4. The number of likely N-dealkylation sites (N-methyl/N-ethyl adjacent to an activating group) is 1. The van der Waals surface area contributed by atoms with Gasteiger partial charge in [0.1, 0.15) is 0 Å². The lowest BCUT2D eigenvalue weighted by Crippen LogP contribution is -2.32. The second-order valence-corrected chi connectivity index (χ2v) is 4.86. The number of para-hydroxylation sites is 1. The molecule has 0 atom stereocenters. The highest BCUT2D eigenvalue weighted by molar-refractivity contribution is 6.02. The van der Waals surface area contributed by atoms with Crippen molar-refractivity contribution in [1.29, 1.82) is 0 Å². The van der Waals surface area contributed by atoms with Crippen molar-refractivity contribution in [2.75, 3.05) is 20.2 Å². The fraction of sp³-hybridized carbons (Fsp3) is 0.400. The van der Waals surface area contributed by atoms with Gasteiger partial charge in [0.05, 0.1) is 5.52 Å². The first-order chi connectivity index (χ1) is 10.1. The van der Waals surface area contributed by atoms with Crippen LogP contribution >= 0.6 is 0 Å². The second-order valence-electron chi connectivity index (χ2n) is 4.86. The highest BCUT2D eigenvalue weighted by Crippen LogP contribution is 2.15. The standard InChI is InChI=1S/C15H19N3O3/c1-3-4-9-18(2)13(19)10-21-15(20)14-11-7-5-6-8-12(11)16-17-14/h5-8H,3-4,9-10H2,1-2H3,(H,16,17). The zero-order chi connectivity index (χ0) is 15.2. The highest BCUT2D eigenvalue weighted by atomic mass is 16.5. The van der Waals surface area contributed by atoms with E-state index in [-0.39, 0.29) is 18.2 Å². The van der Waals surface area contributed by atoms with Gasteiger partial charge in [-0.1, -0.05) is 31.5 Å². The number of ether oxygens (including phenoxy) is 1. The second kappa shape index (κ2) is 6.88. The number of aromatic nitrogens is 2. The molecular formula is C15H19N3O3. The van der Waals surface area contributed by atoms with E-state index in [0.717, 1.165) is 18.4 Å². The molecule has 0 aliphatic heterocycles. The summed E-state index contributed by atoms with van der Waals surface area (Å²) < 4.78 is 5.04. The van der Waals surface area contributed by atoms with Gasteiger partial charge in [0.25, 0.3) is 5.91 Å². The average Bonchev–Trinajstić information content (AvgIpc) is 2.93. The van der Waals surface area contributed by atoms with Gasteiger partial charge in [0.2, 0.25) is 0 Å². The number of carbonyl (C=O) groups is 2. The highest BCUT2D eigenvalue weighted by Gasteiger charge is 2.17. The number of esters is 1. The summed E-state index contributed by atoms with van der Waals surface area (Å²) in [5.74, 6) is -0.804. The Hall–Kier alpha value is -2.37. The Morgan fingerprint density at radius 3 is 2.86 bits per heavy atom. The summed E-state index contributed by atoms with van der Waals surface area (Å²) in [6, 6.07) is 7.27. The third kappa shape index (κ3) is 3.59. The van der Waals surface area contributed by atoms with Gasteiger partial charge < -0.3 is 9.64 Å². The number of hydrogen-bond acceptors (Lipinski definition) is 4. The van der Waals surface area contributed by atoms with Gasteiger partial charge in [-0.2, -0.15) is 5.10 Å². The fourth-order valence-electron chi connectivity index (χ4n) is 1.94. The third-order valence-electron chi connectivity index (χ3n) is 3.26. The molecule has 21 heavy (non-hydrogen) atoms. The number of nitrogens with zero attached hydrogens (tertiary/aromatic N) is 2. The molecule has 1 heterocycles. The Labute approximate surface area is 123 Å². The van der Waals surface area contributed by atoms with Crippen LogP contribution in [0.2, 0.25) is 0 Å². The molecule has 1 amide bonds. The predicted octanol–water partition coefficient (Wildman–Crippen LogP) is 1.98. The largest absolute Gasteiger partial charge is 0.451 e. The van der Waals surface area contributed by atoms with E-state index in [1.165, 1.54) is 0 Å². The molecule has 0 saturated carbocycles. The molecule has 0 bridgehead atoms. The van der Waals surface area contributed by atoms with Crippen molar-refractivity contribution in [3.05, 3.63) is 30.0 Å². The van der Waals surface area contributed by atoms with Gasteiger partial charge in [0, 0.05) is 19.0 Å². The number of carbonyl (C=O) groups excluding carboxylic acids is 2. The Kier molecular flexibility index (Phi) is 4.92. The molecule has 0 aliphatic carbocycles. The maximum absolute atomic E-state index is 12.0. The number of rotatable bonds is 6. The first-order valence-corrected chi connectivity index (χ1v) is 6.97. The van der Waals surface area contributed by atoms with Gasteiger partial charge in [-0.3, -0.25) is 9.89 Å². The molecule has 2 rings (SSSR count). The van der Waals surface area contributed by atoms with E-state index < -0.39 is 5.97 Å². The first-order valence-electron chi connectivity index (χ1n) is 6.97. The van der Waals surface area contributed by atoms with E-state index >= 15 is 0 Å². The summed E-state index contributed by atoms with van der Waals surface area (Å²) in [6.07, 6.45) is 1.94. The molecule has 0 fully saturated rings. The minimum Gasteiger partial charge on any atom is -0.451 e. The van der Waals surface area contributed by atoms with Crippen LogP contribution in [0.15, 0.2) is 24.3 Å². The van der Waals surface area contributed by atoms with Crippen molar-refractivity contribution in [3.63, 3.8) is 0 Å². The molecule has 112 valence electrons. The number of aromatic amines is 1. The molecule has 1 aromatic carbocycles. The molecule has 1 N–H and O–H groups in total. The van der Waals surface area contributed by atoms with Crippen LogP contribution in [-0.2, 0) is 9.53 Å². The summed E-state index contributed by atoms with van der Waals surface area (Å²) in [7, 11) is 1.70.